The normalized spacial score (nSPS) is 17.9. The second kappa shape index (κ2) is 9.37. The van der Waals surface area contributed by atoms with Gasteiger partial charge in [-0.25, -0.2) is 0 Å². The van der Waals surface area contributed by atoms with Gasteiger partial charge in [-0.3, -0.25) is 9.98 Å². The highest BCUT2D eigenvalue weighted by molar-refractivity contribution is 5.79. The van der Waals surface area contributed by atoms with E-state index >= 15 is 0 Å². The van der Waals surface area contributed by atoms with Crippen molar-refractivity contribution in [3.05, 3.63) is 30.1 Å². The van der Waals surface area contributed by atoms with Crippen LogP contribution in [0.25, 0.3) is 0 Å². The minimum absolute atomic E-state index is 0.713. The summed E-state index contributed by atoms with van der Waals surface area (Å²) in [6.07, 6.45) is 11.5. The fraction of sp³-hybridized carbons (Fsp3) is 0.647. The van der Waals surface area contributed by atoms with Crippen LogP contribution in [-0.4, -0.2) is 24.5 Å². The number of guanidine groups is 1. The van der Waals surface area contributed by atoms with E-state index < -0.39 is 0 Å². The Labute approximate surface area is 128 Å². The first-order chi connectivity index (χ1) is 10.4. The van der Waals surface area contributed by atoms with Crippen molar-refractivity contribution in [1.29, 1.82) is 0 Å². The van der Waals surface area contributed by atoms with Crippen molar-refractivity contribution in [3.63, 3.8) is 0 Å². The van der Waals surface area contributed by atoms with Crippen LogP contribution in [0.3, 0.4) is 0 Å². The van der Waals surface area contributed by atoms with E-state index in [0.29, 0.717) is 6.54 Å². The molecule has 0 radical (unpaired) electrons. The molecule has 1 aliphatic carbocycles. The first-order valence-corrected chi connectivity index (χ1v) is 8.23. The van der Waals surface area contributed by atoms with Crippen LogP contribution in [0.15, 0.2) is 29.4 Å². The van der Waals surface area contributed by atoms with Crippen LogP contribution in [0.4, 0.5) is 0 Å². The summed E-state index contributed by atoms with van der Waals surface area (Å²) in [6, 6.07) is 5.97. The summed E-state index contributed by atoms with van der Waals surface area (Å²) in [5.74, 6) is 1.67. The van der Waals surface area contributed by atoms with Crippen LogP contribution >= 0.6 is 0 Å². The highest BCUT2D eigenvalue weighted by Gasteiger charge is 2.11. The quantitative estimate of drug-likeness (QED) is 0.661. The van der Waals surface area contributed by atoms with Gasteiger partial charge in [-0.05, 0) is 30.9 Å². The number of hydrogen-bond donors (Lipinski definition) is 2. The Balaban J connectivity index is 1.71. The smallest absolute Gasteiger partial charge is 0.191 e. The third kappa shape index (κ3) is 6.15. The maximum Gasteiger partial charge on any atom is 0.191 e. The van der Waals surface area contributed by atoms with Crippen LogP contribution in [0, 0.1) is 5.92 Å². The van der Waals surface area contributed by atoms with E-state index in [0.717, 1.165) is 24.1 Å². The molecule has 0 aliphatic heterocycles. The standard InChI is InChI=1S/C17H28N4/c1-18-17(21-14-16-11-7-8-12-19-16)20-13-15-9-5-3-2-4-6-10-15/h7-8,11-12,15H,2-6,9-10,13-14H2,1H3,(H2,18,20,21). The lowest BCUT2D eigenvalue weighted by molar-refractivity contribution is 0.375. The summed E-state index contributed by atoms with van der Waals surface area (Å²) >= 11 is 0. The van der Waals surface area contributed by atoms with Gasteiger partial charge in [-0.1, -0.05) is 38.2 Å². The molecule has 0 spiro atoms. The topological polar surface area (TPSA) is 49.3 Å². The van der Waals surface area contributed by atoms with Crippen molar-refractivity contribution in [1.82, 2.24) is 15.6 Å². The summed E-state index contributed by atoms with van der Waals surface area (Å²) in [5, 5.41) is 6.80. The fourth-order valence-corrected chi connectivity index (χ4v) is 2.88. The lowest BCUT2D eigenvalue weighted by atomic mass is 9.91. The Bertz CT molecular complexity index is 408. The summed E-state index contributed by atoms with van der Waals surface area (Å²) in [4.78, 5) is 8.61. The number of rotatable bonds is 4. The Morgan fingerprint density at radius 1 is 1.14 bits per heavy atom. The fourth-order valence-electron chi connectivity index (χ4n) is 2.88. The number of pyridine rings is 1. The van der Waals surface area contributed by atoms with Crippen LogP contribution in [0.1, 0.15) is 50.6 Å². The van der Waals surface area contributed by atoms with Crippen molar-refractivity contribution in [2.75, 3.05) is 13.6 Å². The molecular weight excluding hydrogens is 260 g/mol. The molecule has 0 amide bonds. The zero-order valence-electron chi connectivity index (χ0n) is 13.1. The lowest BCUT2D eigenvalue weighted by Gasteiger charge is -2.21. The van der Waals surface area contributed by atoms with Gasteiger partial charge in [0.15, 0.2) is 5.96 Å². The van der Waals surface area contributed by atoms with Crippen LogP contribution in [0.5, 0.6) is 0 Å². The van der Waals surface area contributed by atoms with Gasteiger partial charge in [-0.15, -0.1) is 0 Å². The number of nitrogens with one attached hydrogen (secondary N) is 2. The van der Waals surface area contributed by atoms with E-state index in [1.165, 1.54) is 44.9 Å². The SMILES string of the molecule is CN=C(NCc1ccccn1)NCC1CCCCCCC1. The van der Waals surface area contributed by atoms with E-state index in [4.69, 9.17) is 0 Å². The zero-order chi connectivity index (χ0) is 14.8. The minimum atomic E-state index is 0.713. The predicted octanol–water partition coefficient (Wildman–Crippen LogP) is 3.11. The summed E-state index contributed by atoms with van der Waals surface area (Å²) in [7, 11) is 1.83. The van der Waals surface area contributed by atoms with E-state index in [1.54, 1.807) is 0 Å². The van der Waals surface area contributed by atoms with Gasteiger partial charge >= 0.3 is 0 Å². The van der Waals surface area contributed by atoms with Gasteiger partial charge < -0.3 is 10.6 Å². The molecule has 4 nitrogen and oxygen atoms in total. The molecule has 0 atom stereocenters. The van der Waals surface area contributed by atoms with Crippen LogP contribution in [-0.2, 0) is 6.54 Å². The minimum Gasteiger partial charge on any atom is -0.356 e. The largest absolute Gasteiger partial charge is 0.356 e. The van der Waals surface area contributed by atoms with Gasteiger partial charge in [0.2, 0.25) is 0 Å². The molecule has 21 heavy (non-hydrogen) atoms. The predicted molar refractivity (Wildman–Crippen MR) is 88.2 cm³/mol. The number of aliphatic imine (C=N–C) groups is 1. The lowest BCUT2D eigenvalue weighted by Crippen LogP contribution is -2.39. The first-order valence-electron chi connectivity index (χ1n) is 8.23. The van der Waals surface area contributed by atoms with Crippen molar-refractivity contribution in [3.8, 4) is 0 Å². The van der Waals surface area contributed by atoms with E-state index in [-0.39, 0.29) is 0 Å². The Kier molecular flexibility index (Phi) is 7.05. The third-order valence-corrected chi connectivity index (χ3v) is 4.17. The van der Waals surface area contributed by atoms with Gasteiger partial charge in [-0.2, -0.15) is 0 Å². The van der Waals surface area contributed by atoms with Crippen LogP contribution in [0.2, 0.25) is 0 Å². The molecule has 116 valence electrons. The molecule has 0 bridgehead atoms. The molecule has 1 heterocycles. The van der Waals surface area contributed by atoms with Crippen molar-refractivity contribution >= 4 is 5.96 Å². The average molecular weight is 288 g/mol. The highest BCUT2D eigenvalue weighted by atomic mass is 15.2. The zero-order valence-corrected chi connectivity index (χ0v) is 13.1. The van der Waals surface area contributed by atoms with Crippen molar-refractivity contribution in [2.24, 2.45) is 10.9 Å². The molecule has 1 aliphatic rings. The molecule has 1 aromatic rings. The molecule has 0 saturated heterocycles. The summed E-state index contributed by atoms with van der Waals surface area (Å²) < 4.78 is 0. The second-order valence-electron chi connectivity index (χ2n) is 5.84. The molecule has 2 rings (SSSR count). The average Bonchev–Trinajstić information content (AvgIpc) is 2.50. The van der Waals surface area contributed by atoms with Gasteiger partial charge in [0, 0.05) is 19.8 Å². The molecule has 1 saturated carbocycles. The van der Waals surface area contributed by atoms with E-state index in [1.807, 2.05) is 31.4 Å². The molecule has 1 aromatic heterocycles. The third-order valence-electron chi connectivity index (χ3n) is 4.17. The van der Waals surface area contributed by atoms with Crippen molar-refractivity contribution in [2.45, 2.75) is 51.5 Å². The van der Waals surface area contributed by atoms with E-state index in [2.05, 4.69) is 20.6 Å². The second-order valence-corrected chi connectivity index (χ2v) is 5.84. The number of nitrogens with zero attached hydrogens (tertiary/aromatic N) is 2. The Hall–Kier alpha value is -1.58. The van der Waals surface area contributed by atoms with Crippen LogP contribution < -0.4 is 10.6 Å². The summed E-state index contributed by atoms with van der Waals surface area (Å²) in [6.45, 7) is 1.74. The Morgan fingerprint density at radius 3 is 2.57 bits per heavy atom. The number of aromatic nitrogens is 1. The first kappa shape index (κ1) is 15.8. The molecule has 2 N–H and O–H groups in total. The van der Waals surface area contributed by atoms with E-state index in [9.17, 15) is 0 Å². The monoisotopic (exact) mass is 288 g/mol. The molecular formula is C17H28N4. The maximum atomic E-state index is 4.31. The van der Waals surface area contributed by atoms with Gasteiger partial charge in [0.1, 0.15) is 0 Å². The van der Waals surface area contributed by atoms with Gasteiger partial charge in [0.25, 0.3) is 0 Å². The molecule has 0 aromatic carbocycles. The molecule has 1 fully saturated rings. The Morgan fingerprint density at radius 2 is 1.90 bits per heavy atom. The summed E-state index contributed by atoms with van der Waals surface area (Å²) in [5.41, 5.74) is 1.03. The maximum absolute atomic E-state index is 4.31. The molecule has 4 heteroatoms. The molecule has 0 unspecified atom stereocenters. The van der Waals surface area contributed by atoms with Crippen molar-refractivity contribution < 1.29 is 0 Å². The number of hydrogen-bond acceptors (Lipinski definition) is 2. The highest BCUT2D eigenvalue weighted by Crippen LogP contribution is 2.21. The van der Waals surface area contributed by atoms with Gasteiger partial charge in [0.05, 0.1) is 12.2 Å².